The van der Waals surface area contributed by atoms with Gasteiger partial charge in [-0.1, -0.05) is 17.7 Å². The third kappa shape index (κ3) is 3.08. The first kappa shape index (κ1) is 12.6. The molecule has 2 rings (SSSR count). The highest BCUT2D eigenvalue weighted by Crippen LogP contribution is 2.21. The number of ether oxygens (including phenoxy) is 2. The second-order valence-electron chi connectivity index (χ2n) is 3.82. The van der Waals surface area contributed by atoms with Crippen molar-refractivity contribution in [3.8, 4) is 11.5 Å². The Morgan fingerprint density at radius 3 is 2.33 bits per heavy atom. The van der Waals surface area contributed by atoms with Crippen molar-refractivity contribution < 1.29 is 9.47 Å². The maximum Gasteiger partial charge on any atom is 0.120 e. The molecule has 0 heterocycles. The number of nitrogen functional groups attached to an aromatic ring is 1. The molecule has 4 heteroatoms. The van der Waals surface area contributed by atoms with Crippen LogP contribution in [-0.2, 0) is 6.61 Å². The van der Waals surface area contributed by atoms with Crippen LogP contribution in [0.25, 0.3) is 0 Å². The van der Waals surface area contributed by atoms with E-state index < -0.39 is 0 Å². The minimum Gasteiger partial charge on any atom is -0.497 e. The Labute approximate surface area is 111 Å². The molecule has 94 valence electrons. The van der Waals surface area contributed by atoms with Crippen molar-refractivity contribution in [1.29, 1.82) is 0 Å². The Hall–Kier alpha value is -1.87. The van der Waals surface area contributed by atoms with Gasteiger partial charge < -0.3 is 15.2 Å². The fraction of sp³-hybridized carbons (Fsp3) is 0.143. The number of halogens is 1. The molecule has 0 saturated heterocycles. The number of hydrogen-bond acceptors (Lipinski definition) is 3. The van der Waals surface area contributed by atoms with Crippen LogP contribution in [0.1, 0.15) is 5.56 Å². The van der Waals surface area contributed by atoms with Crippen molar-refractivity contribution >= 4 is 17.3 Å². The Bertz CT molecular complexity index is 526. The van der Waals surface area contributed by atoms with Crippen LogP contribution in [-0.4, -0.2) is 7.11 Å². The van der Waals surface area contributed by atoms with E-state index in [1.165, 1.54) is 0 Å². The van der Waals surface area contributed by atoms with Crippen LogP contribution in [0.2, 0.25) is 5.02 Å². The van der Waals surface area contributed by atoms with Crippen LogP contribution in [0.4, 0.5) is 5.69 Å². The minimum atomic E-state index is 0.452. The predicted octanol–water partition coefficient (Wildman–Crippen LogP) is 3.51. The summed E-state index contributed by atoms with van der Waals surface area (Å²) < 4.78 is 10.7. The quantitative estimate of drug-likeness (QED) is 0.859. The van der Waals surface area contributed by atoms with E-state index in [0.29, 0.717) is 17.3 Å². The molecule has 0 radical (unpaired) electrons. The Morgan fingerprint density at radius 1 is 1.06 bits per heavy atom. The lowest BCUT2D eigenvalue weighted by Gasteiger charge is -2.08. The molecular weight excluding hydrogens is 250 g/mol. The molecule has 0 amide bonds. The van der Waals surface area contributed by atoms with E-state index in [9.17, 15) is 0 Å². The molecule has 0 aromatic heterocycles. The van der Waals surface area contributed by atoms with Gasteiger partial charge in [0.1, 0.15) is 18.1 Å². The molecular formula is C14H14ClNO2. The number of benzene rings is 2. The number of rotatable bonds is 4. The van der Waals surface area contributed by atoms with Crippen molar-refractivity contribution in [3.05, 3.63) is 53.1 Å². The van der Waals surface area contributed by atoms with E-state index in [-0.39, 0.29) is 0 Å². The third-order valence-corrected chi connectivity index (χ3v) is 2.87. The fourth-order valence-corrected chi connectivity index (χ4v) is 1.64. The van der Waals surface area contributed by atoms with Gasteiger partial charge in [-0.05, 0) is 42.0 Å². The molecule has 2 N–H and O–H groups in total. The highest BCUT2D eigenvalue weighted by Gasteiger charge is 2.00. The van der Waals surface area contributed by atoms with Gasteiger partial charge >= 0.3 is 0 Å². The molecule has 0 aliphatic carbocycles. The van der Waals surface area contributed by atoms with Gasteiger partial charge in [0.25, 0.3) is 0 Å². The summed E-state index contributed by atoms with van der Waals surface area (Å²) in [5.74, 6) is 1.59. The largest absolute Gasteiger partial charge is 0.497 e. The van der Waals surface area contributed by atoms with E-state index in [0.717, 1.165) is 17.1 Å². The number of methoxy groups -OCH3 is 1. The monoisotopic (exact) mass is 263 g/mol. The fourth-order valence-electron chi connectivity index (χ4n) is 1.52. The molecule has 2 aromatic carbocycles. The van der Waals surface area contributed by atoms with E-state index in [1.807, 2.05) is 36.4 Å². The normalized spacial score (nSPS) is 10.1. The van der Waals surface area contributed by atoms with Crippen molar-refractivity contribution in [2.75, 3.05) is 12.8 Å². The van der Waals surface area contributed by atoms with Crippen LogP contribution >= 0.6 is 11.6 Å². The van der Waals surface area contributed by atoms with Crippen molar-refractivity contribution in [1.82, 2.24) is 0 Å². The lowest BCUT2D eigenvalue weighted by atomic mass is 10.2. The molecule has 0 aliphatic rings. The van der Waals surface area contributed by atoms with E-state index >= 15 is 0 Å². The van der Waals surface area contributed by atoms with Crippen LogP contribution in [0.15, 0.2) is 42.5 Å². The zero-order chi connectivity index (χ0) is 13.0. The molecule has 0 atom stereocenters. The average Bonchev–Trinajstić information content (AvgIpc) is 2.41. The number of nitrogens with two attached hydrogens (primary N) is 1. The van der Waals surface area contributed by atoms with Gasteiger partial charge in [-0.2, -0.15) is 0 Å². The Morgan fingerprint density at radius 2 is 1.72 bits per heavy atom. The van der Waals surface area contributed by atoms with Gasteiger partial charge in [0, 0.05) is 0 Å². The van der Waals surface area contributed by atoms with Gasteiger partial charge in [0.15, 0.2) is 0 Å². The van der Waals surface area contributed by atoms with E-state index in [4.69, 9.17) is 26.8 Å². The zero-order valence-corrected chi connectivity index (χ0v) is 10.8. The first-order valence-corrected chi connectivity index (χ1v) is 5.87. The van der Waals surface area contributed by atoms with Crippen LogP contribution in [0.3, 0.4) is 0 Å². The smallest absolute Gasteiger partial charge is 0.120 e. The van der Waals surface area contributed by atoms with Gasteiger partial charge in [-0.15, -0.1) is 0 Å². The van der Waals surface area contributed by atoms with Crippen molar-refractivity contribution in [2.45, 2.75) is 6.61 Å². The zero-order valence-electron chi connectivity index (χ0n) is 10.0. The molecule has 18 heavy (non-hydrogen) atoms. The second kappa shape index (κ2) is 5.65. The van der Waals surface area contributed by atoms with Gasteiger partial charge in [0.05, 0.1) is 17.8 Å². The highest BCUT2D eigenvalue weighted by atomic mass is 35.5. The number of anilines is 1. The average molecular weight is 264 g/mol. The van der Waals surface area contributed by atoms with E-state index in [2.05, 4.69) is 0 Å². The second-order valence-corrected chi connectivity index (χ2v) is 4.23. The molecule has 2 aromatic rings. The van der Waals surface area contributed by atoms with Crippen molar-refractivity contribution in [2.24, 2.45) is 0 Å². The maximum absolute atomic E-state index is 5.85. The maximum atomic E-state index is 5.85. The predicted molar refractivity (Wildman–Crippen MR) is 73.2 cm³/mol. The molecule has 3 nitrogen and oxygen atoms in total. The summed E-state index contributed by atoms with van der Waals surface area (Å²) in [6, 6.07) is 12.9. The summed E-state index contributed by atoms with van der Waals surface area (Å²) in [5, 5.41) is 0.559. The topological polar surface area (TPSA) is 44.5 Å². The first-order chi connectivity index (χ1) is 8.69. The van der Waals surface area contributed by atoms with E-state index in [1.54, 1.807) is 13.2 Å². The first-order valence-electron chi connectivity index (χ1n) is 5.50. The minimum absolute atomic E-state index is 0.452. The van der Waals surface area contributed by atoms with Gasteiger partial charge in [-0.3, -0.25) is 0 Å². The summed E-state index contributed by atoms with van der Waals surface area (Å²) in [7, 11) is 1.63. The summed E-state index contributed by atoms with van der Waals surface area (Å²) in [6.45, 7) is 0.452. The lowest BCUT2D eigenvalue weighted by Crippen LogP contribution is -1.97. The number of hydrogen-bond donors (Lipinski definition) is 1. The standard InChI is InChI=1S/C14H14ClNO2/c1-17-11-3-5-12(6-4-11)18-9-10-2-7-13(15)14(16)8-10/h2-8H,9,16H2,1H3. The molecule has 0 aliphatic heterocycles. The third-order valence-electron chi connectivity index (χ3n) is 2.53. The molecule has 0 bridgehead atoms. The molecule has 0 unspecified atom stereocenters. The molecule has 0 saturated carbocycles. The molecule has 0 fully saturated rings. The van der Waals surface area contributed by atoms with Crippen LogP contribution in [0.5, 0.6) is 11.5 Å². The Kier molecular flexibility index (Phi) is 3.95. The lowest BCUT2D eigenvalue weighted by molar-refractivity contribution is 0.305. The summed E-state index contributed by atoms with van der Waals surface area (Å²) >= 11 is 5.85. The van der Waals surface area contributed by atoms with Crippen molar-refractivity contribution in [3.63, 3.8) is 0 Å². The van der Waals surface area contributed by atoms with Crippen LogP contribution in [0, 0.1) is 0 Å². The Balaban J connectivity index is 1.99. The highest BCUT2D eigenvalue weighted by molar-refractivity contribution is 6.33. The van der Waals surface area contributed by atoms with Gasteiger partial charge in [-0.25, -0.2) is 0 Å². The van der Waals surface area contributed by atoms with Gasteiger partial charge in [0.2, 0.25) is 0 Å². The molecule has 0 spiro atoms. The SMILES string of the molecule is COc1ccc(OCc2ccc(Cl)c(N)c2)cc1. The summed E-state index contributed by atoms with van der Waals surface area (Å²) in [6.07, 6.45) is 0. The summed E-state index contributed by atoms with van der Waals surface area (Å²) in [5.41, 5.74) is 7.27. The summed E-state index contributed by atoms with van der Waals surface area (Å²) in [4.78, 5) is 0. The van der Waals surface area contributed by atoms with Crippen LogP contribution < -0.4 is 15.2 Å².